The third-order valence-corrected chi connectivity index (χ3v) is 4.87. The number of ether oxygens (including phenoxy) is 1. The van der Waals surface area contributed by atoms with Crippen molar-refractivity contribution < 1.29 is 9.30 Å². The van der Waals surface area contributed by atoms with Gasteiger partial charge in [0.2, 0.25) is 6.33 Å². The molecule has 0 unspecified atom stereocenters. The summed E-state index contributed by atoms with van der Waals surface area (Å²) >= 11 is 0. The first-order valence-corrected chi connectivity index (χ1v) is 10.5. The predicted molar refractivity (Wildman–Crippen MR) is 108 cm³/mol. The zero-order valence-corrected chi connectivity index (χ0v) is 16.6. The molecule has 0 atom stereocenters. The number of rotatable bonds is 15. The van der Waals surface area contributed by atoms with E-state index in [9.17, 15) is 0 Å². The molecule has 1 aromatic heterocycles. The predicted octanol–water partition coefficient (Wildman–Crippen LogP) is 5.87. The van der Waals surface area contributed by atoms with Gasteiger partial charge in [0.05, 0.1) is 13.2 Å². The molecule has 0 aliphatic carbocycles. The molecule has 0 saturated heterocycles. The van der Waals surface area contributed by atoms with Gasteiger partial charge in [-0.25, -0.2) is 9.13 Å². The number of nitrogens with zero attached hydrogens (tertiary/aromatic N) is 2. The average molecular weight is 358 g/mol. The molecule has 0 aliphatic rings. The number of aromatic nitrogens is 2. The fourth-order valence-electron chi connectivity index (χ4n) is 3.27. The summed E-state index contributed by atoms with van der Waals surface area (Å²) in [6.45, 7) is 4.67. The maximum Gasteiger partial charge on any atom is 0.245 e. The molecule has 2 aromatic rings. The summed E-state index contributed by atoms with van der Waals surface area (Å²) in [5, 5.41) is 0. The minimum absolute atomic E-state index is 0.611. The highest BCUT2D eigenvalue weighted by Crippen LogP contribution is 2.10. The molecule has 144 valence electrons. The Labute approximate surface area is 160 Å². The zero-order chi connectivity index (χ0) is 18.3. The summed E-state index contributed by atoms with van der Waals surface area (Å²) in [5.41, 5.74) is 1.22. The van der Waals surface area contributed by atoms with Crippen LogP contribution < -0.4 is 4.57 Å². The van der Waals surface area contributed by atoms with Crippen molar-refractivity contribution in [2.24, 2.45) is 0 Å². The van der Waals surface area contributed by atoms with Crippen LogP contribution in [0.3, 0.4) is 0 Å². The van der Waals surface area contributed by atoms with E-state index in [0.29, 0.717) is 13.3 Å². The lowest BCUT2D eigenvalue weighted by molar-refractivity contribution is -0.733. The van der Waals surface area contributed by atoms with Crippen LogP contribution in [0, 0.1) is 0 Å². The molecule has 3 nitrogen and oxygen atoms in total. The second-order valence-electron chi connectivity index (χ2n) is 7.31. The number of hydrogen-bond donors (Lipinski definition) is 0. The van der Waals surface area contributed by atoms with Gasteiger partial charge in [0, 0.05) is 0 Å². The molecule has 1 aromatic carbocycles. The zero-order valence-electron chi connectivity index (χ0n) is 16.6. The Morgan fingerprint density at radius 2 is 1.50 bits per heavy atom. The van der Waals surface area contributed by atoms with Crippen molar-refractivity contribution in [2.75, 3.05) is 0 Å². The van der Waals surface area contributed by atoms with Gasteiger partial charge in [-0.3, -0.25) is 0 Å². The topological polar surface area (TPSA) is 18.0 Å². The van der Waals surface area contributed by atoms with Gasteiger partial charge in [0.25, 0.3) is 0 Å². The van der Waals surface area contributed by atoms with Crippen molar-refractivity contribution in [2.45, 2.75) is 91.0 Å². The smallest absolute Gasteiger partial charge is 0.245 e. The van der Waals surface area contributed by atoms with E-state index in [4.69, 9.17) is 4.74 Å². The first-order chi connectivity index (χ1) is 12.9. The van der Waals surface area contributed by atoms with Crippen LogP contribution in [0.4, 0.5) is 0 Å². The second-order valence-corrected chi connectivity index (χ2v) is 7.31. The van der Waals surface area contributed by atoms with Crippen LogP contribution in [-0.4, -0.2) is 4.57 Å². The van der Waals surface area contributed by atoms with Crippen LogP contribution in [-0.2, 0) is 24.6 Å². The number of unbranched alkanes of at least 4 members (excludes halogenated alkanes) is 9. The highest BCUT2D eigenvalue weighted by molar-refractivity contribution is 5.13. The van der Waals surface area contributed by atoms with Crippen LogP contribution in [0.15, 0.2) is 49.1 Å². The lowest BCUT2D eigenvalue weighted by Gasteiger charge is -2.02. The Morgan fingerprint density at radius 3 is 2.19 bits per heavy atom. The van der Waals surface area contributed by atoms with E-state index < -0.39 is 0 Å². The quantitative estimate of drug-likeness (QED) is 0.288. The van der Waals surface area contributed by atoms with E-state index in [1.54, 1.807) is 0 Å². The monoisotopic (exact) mass is 357 g/mol. The minimum atomic E-state index is 0.611. The molecule has 0 amide bonds. The molecule has 2 rings (SSSR count). The summed E-state index contributed by atoms with van der Waals surface area (Å²) in [7, 11) is 0. The van der Waals surface area contributed by atoms with Crippen molar-refractivity contribution in [1.29, 1.82) is 0 Å². The molecule has 26 heavy (non-hydrogen) atoms. The van der Waals surface area contributed by atoms with Gasteiger partial charge in [0.15, 0.2) is 6.73 Å². The lowest BCUT2D eigenvalue weighted by atomic mass is 10.1. The second kappa shape index (κ2) is 13.6. The summed E-state index contributed by atoms with van der Waals surface area (Å²) in [4.78, 5) is 0. The van der Waals surface area contributed by atoms with Gasteiger partial charge in [-0.2, -0.15) is 0 Å². The van der Waals surface area contributed by atoms with Crippen LogP contribution in [0.25, 0.3) is 0 Å². The SMILES string of the molecule is CCCCCCCCCCCCn1cc[n+](COCc2ccccc2)c1. The fourth-order valence-corrected chi connectivity index (χ4v) is 3.27. The van der Waals surface area contributed by atoms with E-state index in [-0.39, 0.29) is 0 Å². The maximum absolute atomic E-state index is 5.77. The Balaban J connectivity index is 1.47. The Kier molecular flexibility index (Phi) is 10.8. The van der Waals surface area contributed by atoms with Crippen molar-refractivity contribution in [1.82, 2.24) is 4.57 Å². The number of hydrogen-bond acceptors (Lipinski definition) is 1. The molecular weight excluding hydrogens is 320 g/mol. The largest absolute Gasteiger partial charge is 0.337 e. The molecule has 0 fully saturated rings. The first-order valence-electron chi connectivity index (χ1n) is 10.5. The van der Waals surface area contributed by atoms with E-state index in [2.05, 4.69) is 59.0 Å². The van der Waals surface area contributed by atoms with Crippen LogP contribution >= 0.6 is 0 Å². The highest BCUT2D eigenvalue weighted by Gasteiger charge is 2.03. The van der Waals surface area contributed by atoms with Gasteiger partial charge in [-0.15, -0.1) is 0 Å². The molecule has 1 heterocycles. The van der Waals surface area contributed by atoms with Crippen molar-refractivity contribution in [3.8, 4) is 0 Å². The summed E-state index contributed by atoms with van der Waals surface area (Å²) in [5.74, 6) is 0. The summed E-state index contributed by atoms with van der Waals surface area (Å²) in [6, 6.07) is 10.3. The summed E-state index contributed by atoms with van der Waals surface area (Å²) < 4.78 is 10.2. The molecule has 0 N–H and O–H groups in total. The number of benzene rings is 1. The van der Waals surface area contributed by atoms with Crippen molar-refractivity contribution in [3.63, 3.8) is 0 Å². The molecular formula is C23H37N2O+. The first kappa shape index (κ1) is 20.7. The van der Waals surface area contributed by atoms with Gasteiger partial charge < -0.3 is 4.74 Å². The van der Waals surface area contributed by atoms with E-state index >= 15 is 0 Å². The summed E-state index contributed by atoms with van der Waals surface area (Å²) in [6.07, 6.45) is 20.3. The van der Waals surface area contributed by atoms with Crippen LogP contribution in [0.1, 0.15) is 76.7 Å². The molecule has 0 spiro atoms. The normalized spacial score (nSPS) is 11.1. The van der Waals surface area contributed by atoms with Gasteiger partial charge >= 0.3 is 0 Å². The minimum Gasteiger partial charge on any atom is -0.337 e. The molecule has 0 aliphatic heterocycles. The van der Waals surface area contributed by atoms with E-state index in [0.717, 1.165) is 6.54 Å². The highest BCUT2D eigenvalue weighted by atomic mass is 16.5. The standard InChI is InChI=1S/C23H37N2O/c1-2-3-4-5-6-7-8-9-10-14-17-24-18-19-25(21-24)22-26-20-23-15-12-11-13-16-23/h11-13,15-16,18-19,21H,2-10,14,17,20,22H2,1H3/q+1. The third-order valence-electron chi connectivity index (χ3n) is 4.87. The average Bonchev–Trinajstić information content (AvgIpc) is 3.12. The van der Waals surface area contributed by atoms with Crippen molar-refractivity contribution >= 4 is 0 Å². The Bertz CT molecular complexity index is 565. The molecule has 0 bridgehead atoms. The lowest BCUT2D eigenvalue weighted by Crippen LogP contribution is -2.32. The molecule has 0 radical (unpaired) electrons. The van der Waals surface area contributed by atoms with Crippen LogP contribution in [0.5, 0.6) is 0 Å². The third kappa shape index (κ3) is 9.19. The fraction of sp³-hybridized carbons (Fsp3) is 0.609. The number of imidazole rings is 1. The molecule has 0 saturated carbocycles. The number of aryl methyl sites for hydroxylation is 1. The van der Waals surface area contributed by atoms with Gasteiger partial charge in [0.1, 0.15) is 12.4 Å². The van der Waals surface area contributed by atoms with Crippen LogP contribution in [0.2, 0.25) is 0 Å². The Hall–Kier alpha value is -1.61. The van der Waals surface area contributed by atoms with Gasteiger partial charge in [-0.05, 0) is 18.4 Å². The van der Waals surface area contributed by atoms with E-state index in [1.807, 2.05) is 6.07 Å². The van der Waals surface area contributed by atoms with Gasteiger partial charge in [-0.1, -0.05) is 88.6 Å². The Morgan fingerprint density at radius 1 is 0.846 bits per heavy atom. The van der Waals surface area contributed by atoms with E-state index in [1.165, 1.54) is 69.8 Å². The van der Waals surface area contributed by atoms with Crippen molar-refractivity contribution in [3.05, 3.63) is 54.6 Å². The maximum atomic E-state index is 5.77. The molecule has 3 heteroatoms.